The Morgan fingerprint density at radius 1 is 1.33 bits per heavy atom. The van der Waals surface area contributed by atoms with Gasteiger partial charge in [-0.05, 0) is 37.1 Å². The van der Waals surface area contributed by atoms with Gasteiger partial charge in [-0.2, -0.15) is 5.10 Å². The number of hydrogen-bond acceptors (Lipinski definition) is 4. The molecule has 0 bridgehead atoms. The molecule has 0 aromatic carbocycles. The first kappa shape index (κ1) is 11.2. The molecular weight excluding hydrogens is 226 g/mol. The van der Waals surface area contributed by atoms with Crippen molar-refractivity contribution in [1.82, 2.24) is 20.5 Å². The maximum Gasteiger partial charge on any atom is 0.123 e. The van der Waals surface area contributed by atoms with Crippen LogP contribution in [-0.4, -0.2) is 21.7 Å². The van der Waals surface area contributed by atoms with Crippen molar-refractivity contribution in [3.8, 4) is 11.1 Å². The molecule has 1 saturated heterocycles. The Labute approximate surface area is 106 Å². The van der Waals surface area contributed by atoms with Crippen molar-refractivity contribution in [2.45, 2.75) is 25.3 Å². The van der Waals surface area contributed by atoms with E-state index in [-0.39, 0.29) is 0 Å². The zero-order valence-corrected chi connectivity index (χ0v) is 10.2. The Bertz CT molecular complexity index is 528. The predicted octanol–water partition coefficient (Wildman–Crippen LogP) is 1.87. The molecular formula is C13H17N5. The first-order valence-electron chi connectivity index (χ1n) is 6.33. The Morgan fingerprint density at radius 3 is 3.06 bits per heavy atom. The fourth-order valence-electron chi connectivity index (χ4n) is 2.51. The van der Waals surface area contributed by atoms with Crippen LogP contribution in [-0.2, 0) is 0 Å². The van der Waals surface area contributed by atoms with Gasteiger partial charge in [0.05, 0.1) is 11.9 Å². The Morgan fingerprint density at radius 2 is 2.28 bits per heavy atom. The van der Waals surface area contributed by atoms with Gasteiger partial charge in [0.1, 0.15) is 5.82 Å². The SMILES string of the molecule is Nc1cc(-c2cn[nH]c2[C@@H]2CCCCN2)ccn1. The molecule has 2 aromatic heterocycles. The van der Waals surface area contributed by atoms with Gasteiger partial charge in [-0.15, -0.1) is 0 Å². The molecule has 3 heterocycles. The van der Waals surface area contributed by atoms with Gasteiger partial charge in [0.25, 0.3) is 0 Å². The maximum atomic E-state index is 5.74. The molecule has 0 aliphatic carbocycles. The molecule has 0 spiro atoms. The molecule has 1 aliphatic heterocycles. The van der Waals surface area contributed by atoms with E-state index in [0.29, 0.717) is 11.9 Å². The summed E-state index contributed by atoms with van der Waals surface area (Å²) in [6, 6.07) is 4.22. The molecule has 1 fully saturated rings. The molecule has 4 N–H and O–H groups in total. The van der Waals surface area contributed by atoms with Gasteiger partial charge in [0.2, 0.25) is 0 Å². The summed E-state index contributed by atoms with van der Waals surface area (Å²) < 4.78 is 0. The maximum absolute atomic E-state index is 5.74. The van der Waals surface area contributed by atoms with Gasteiger partial charge in [-0.25, -0.2) is 4.98 Å². The first-order chi connectivity index (χ1) is 8.84. The molecule has 5 heteroatoms. The summed E-state index contributed by atoms with van der Waals surface area (Å²) in [5.74, 6) is 0.538. The second-order valence-corrected chi connectivity index (χ2v) is 4.67. The Balaban J connectivity index is 1.95. The van der Waals surface area contributed by atoms with Crippen LogP contribution in [0.25, 0.3) is 11.1 Å². The number of H-pyrrole nitrogens is 1. The van der Waals surface area contributed by atoms with Crippen LogP contribution in [0.2, 0.25) is 0 Å². The van der Waals surface area contributed by atoms with Gasteiger partial charge >= 0.3 is 0 Å². The number of aromatic nitrogens is 3. The number of nitrogens with one attached hydrogen (secondary N) is 2. The normalized spacial score (nSPS) is 19.9. The highest BCUT2D eigenvalue weighted by atomic mass is 15.1. The molecule has 3 rings (SSSR count). The largest absolute Gasteiger partial charge is 0.384 e. The predicted molar refractivity (Wildman–Crippen MR) is 70.8 cm³/mol. The number of piperidine rings is 1. The van der Waals surface area contributed by atoms with E-state index in [0.717, 1.165) is 29.8 Å². The van der Waals surface area contributed by atoms with Crippen molar-refractivity contribution in [2.24, 2.45) is 0 Å². The minimum atomic E-state index is 0.366. The fourth-order valence-corrected chi connectivity index (χ4v) is 2.51. The summed E-state index contributed by atoms with van der Waals surface area (Å²) in [7, 11) is 0. The van der Waals surface area contributed by atoms with Gasteiger partial charge in [-0.3, -0.25) is 5.10 Å². The molecule has 5 nitrogen and oxygen atoms in total. The Hall–Kier alpha value is -1.88. The molecule has 18 heavy (non-hydrogen) atoms. The summed E-state index contributed by atoms with van der Waals surface area (Å²) in [6.07, 6.45) is 7.25. The van der Waals surface area contributed by atoms with Crippen molar-refractivity contribution >= 4 is 5.82 Å². The van der Waals surface area contributed by atoms with Gasteiger partial charge in [0, 0.05) is 17.8 Å². The fraction of sp³-hybridized carbons (Fsp3) is 0.385. The molecule has 1 aliphatic rings. The van der Waals surface area contributed by atoms with E-state index in [4.69, 9.17) is 5.73 Å². The smallest absolute Gasteiger partial charge is 0.123 e. The second-order valence-electron chi connectivity index (χ2n) is 4.67. The highest BCUT2D eigenvalue weighted by Crippen LogP contribution is 2.30. The van der Waals surface area contributed by atoms with Crippen molar-refractivity contribution in [2.75, 3.05) is 12.3 Å². The number of nitrogen functional groups attached to an aromatic ring is 1. The van der Waals surface area contributed by atoms with Gasteiger partial charge in [0.15, 0.2) is 0 Å². The lowest BCUT2D eigenvalue weighted by atomic mass is 9.97. The van der Waals surface area contributed by atoms with Crippen molar-refractivity contribution in [1.29, 1.82) is 0 Å². The van der Waals surface area contributed by atoms with Crippen molar-refractivity contribution < 1.29 is 0 Å². The molecule has 1 atom stereocenters. The molecule has 2 aromatic rings. The van der Waals surface area contributed by atoms with Crippen LogP contribution in [0.3, 0.4) is 0 Å². The number of hydrogen-bond donors (Lipinski definition) is 3. The lowest BCUT2D eigenvalue weighted by Gasteiger charge is -2.23. The third-order valence-corrected chi connectivity index (χ3v) is 3.42. The van der Waals surface area contributed by atoms with Gasteiger partial charge in [-0.1, -0.05) is 6.42 Å². The summed E-state index contributed by atoms with van der Waals surface area (Å²) >= 11 is 0. The highest BCUT2D eigenvalue weighted by Gasteiger charge is 2.20. The van der Waals surface area contributed by atoms with E-state index in [1.165, 1.54) is 12.8 Å². The number of aromatic amines is 1. The quantitative estimate of drug-likeness (QED) is 0.752. The standard InChI is InChI=1S/C13H17N5/c14-12-7-9(4-6-16-12)10-8-17-18-13(10)11-3-1-2-5-15-11/h4,6-8,11,15H,1-3,5H2,(H2,14,16)(H,17,18)/t11-/m0/s1. The van der Waals surface area contributed by atoms with Gasteiger partial charge < -0.3 is 11.1 Å². The third-order valence-electron chi connectivity index (χ3n) is 3.42. The Kier molecular flexibility index (Phi) is 2.98. The minimum Gasteiger partial charge on any atom is -0.384 e. The van der Waals surface area contributed by atoms with Crippen LogP contribution >= 0.6 is 0 Å². The minimum absolute atomic E-state index is 0.366. The lowest BCUT2D eigenvalue weighted by Crippen LogP contribution is -2.27. The summed E-state index contributed by atoms with van der Waals surface area (Å²) in [5.41, 5.74) is 9.07. The van der Waals surface area contributed by atoms with E-state index < -0.39 is 0 Å². The third kappa shape index (κ3) is 2.09. The lowest BCUT2D eigenvalue weighted by molar-refractivity contribution is 0.405. The second kappa shape index (κ2) is 4.78. The first-order valence-corrected chi connectivity index (χ1v) is 6.33. The molecule has 0 unspecified atom stereocenters. The van der Waals surface area contributed by atoms with Crippen LogP contribution < -0.4 is 11.1 Å². The van der Waals surface area contributed by atoms with E-state index in [2.05, 4.69) is 20.5 Å². The molecule has 0 radical (unpaired) electrons. The van der Waals surface area contributed by atoms with Crippen LogP contribution in [0.5, 0.6) is 0 Å². The van der Waals surface area contributed by atoms with Crippen LogP contribution in [0.4, 0.5) is 5.82 Å². The van der Waals surface area contributed by atoms with E-state index in [9.17, 15) is 0 Å². The van der Waals surface area contributed by atoms with Crippen molar-refractivity contribution in [3.05, 3.63) is 30.2 Å². The summed E-state index contributed by atoms with van der Waals surface area (Å²) in [4.78, 5) is 4.02. The molecule has 0 amide bonds. The summed E-state index contributed by atoms with van der Waals surface area (Å²) in [5, 5.41) is 10.8. The molecule has 0 saturated carbocycles. The van der Waals surface area contributed by atoms with Crippen LogP contribution in [0.15, 0.2) is 24.5 Å². The van der Waals surface area contributed by atoms with Crippen LogP contribution in [0.1, 0.15) is 31.0 Å². The monoisotopic (exact) mass is 243 g/mol. The summed E-state index contributed by atoms with van der Waals surface area (Å²) in [6.45, 7) is 1.07. The highest BCUT2D eigenvalue weighted by molar-refractivity contribution is 5.67. The molecule has 94 valence electrons. The van der Waals surface area contributed by atoms with E-state index in [1.807, 2.05) is 18.3 Å². The average molecular weight is 243 g/mol. The van der Waals surface area contributed by atoms with E-state index in [1.54, 1.807) is 6.20 Å². The number of nitrogens with two attached hydrogens (primary N) is 1. The number of nitrogens with zero attached hydrogens (tertiary/aromatic N) is 2. The number of pyridine rings is 1. The van der Waals surface area contributed by atoms with E-state index >= 15 is 0 Å². The number of rotatable bonds is 2. The zero-order chi connectivity index (χ0) is 12.4. The topological polar surface area (TPSA) is 79.6 Å². The zero-order valence-electron chi connectivity index (χ0n) is 10.2. The number of anilines is 1. The average Bonchev–Trinajstić information content (AvgIpc) is 2.89. The van der Waals surface area contributed by atoms with Crippen LogP contribution in [0, 0.1) is 0 Å². The van der Waals surface area contributed by atoms with Crippen molar-refractivity contribution in [3.63, 3.8) is 0 Å².